The fourth-order valence-corrected chi connectivity index (χ4v) is 6.71. The van der Waals surface area contributed by atoms with Gasteiger partial charge < -0.3 is 18.8 Å². The summed E-state index contributed by atoms with van der Waals surface area (Å²) in [5.74, 6) is -0.789. The highest BCUT2D eigenvalue weighted by Gasteiger charge is 2.41. The second-order valence-corrected chi connectivity index (χ2v) is 14.5. The van der Waals surface area contributed by atoms with Crippen LogP contribution in [0.1, 0.15) is 34.1 Å². The molecule has 0 saturated carbocycles. The second-order valence-electron chi connectivity index (χ2n) is 7.45. The molecule has 1 atom stereocenters. The molecule has 0 aromatic heterocycles. The Balaban J connectivity index is 4.91. The van der Waals surface area contributed by atoms with Gasteiger partial charge in [-0.2, -0.15) is 0 Å². The van der Waals surface area contributed by atoms with E-state index in [0.717, 1.165) is 6.04 Å². The highest BCUT2D eigenvalue weighted by Crippen LogP contribution is 2.38. The first-order chi connectivity index (χ1) is 8.18. The van der Waals surface area contributed by atoms with Crippen molar-refractivity contribution in [3.63, 3.8) is 0 Å². The Morgan fingerprint density at radius 2 is 1.47 bits per heavy atom. The molecule has 0 aliphatic rings. The molecule has 0 aliphatic carbocycles. The highest BCUT2D eigenvalue weighted by atomic mass is 28.4. The Morgan fingerprint density at radius 1 is 1.00 bits per heavy atom. The molecule has 4 nitrogen and oxygen atoms in total. The van der Waals surface area contributed by atoms with E-state index >= 15 is 0 Å². The van der Waals surface area contributed by atoms with Crippen LogP contribution in [0.2, 0.25) is 32.2 Å². The van der Waals surface area contributed by atoms with E-state index in [-0.39, 0.29) is 5.41 Å². The molecule has 0 saturated heterocycles. The molecule has 0 spiro atoms. The first kappa shape index (κ1) is 19.3. The van der Waals surface area contributed by atoms with Crippen LogP contribution in [-0.4, -0.2) is 38.9 Å². The Bertz CT molecular complexity index is 281. The van der Waals surface area contributed by atoms with Crippen LogP contribution in [0.4, 0.5) is 0 Å². The van der Waals surface area contributed by atoms with E-state index in [1.54, 1.807) is 13.1 Å². The Morgan fingerprint density at radius 3 is 1.79 bits per heavy atom. The molecule has 0 amide bonds. The maximum Gasteiger partial charge on any atom is 0.331 e. The van der Waals surface area contributed by atoms with Crippen LogP contribution in [0.25, 0.3) is 0 Å². The van der Waals surface area contributed by atoms with Gasteiger partial charge in [0.1, 0.15) is 0 Å². The van der Waals surface area contributed by atoms with Crippen molar-refractivity contribution in [1.29, 1.82) is 0 Å². The van der Waals surface area contributed by atoms with Crippen molar-refractivity contribution in [2.24, 2.45) is 5.41 Å². The summed E-state index contributed by atoms with van der Waals surface area (Å²) >= 11 is 0. The fraction of sp³-hybridized carbons (Fsp3) is 1.00. The topological polar surface area (TPSA) is 58.9 Å². The molecule has 0 bridgehead atoms. The van der Waals surface area contributed by atoms with Gasteiger partial charge in [0, 0.05) is 13.0 Å². The SMILES string of the molecule is CCOC(C)(CC(C)(C)C[Si](C)(C)O)O[Si](C)(C)O. The standard InChI is InChI=1S/C13H32O4Si2/c1-9-16-13(4,17-19(7,8)15)10-12(2,3)11-18(5,6)14/h14-15H,9-11H2,1-8H3. The van der Waals surface area contributed by atoms with Crippen LogP contribution >= 0.6 is 0 Å². The van der Waals surface area contributed by atoms with Crippen LogP contribution in [0.5, 0.6) is 0 Å². The van der Waals surface area contributed by atoms with E-state index in [1.807, 2.05) is 26.9 Å². The summed E-state index contributed by atoms with van der Waals surface area (Å²) < 4.78 is 11.6. The zero-order valence-corrected chi connectivity index (χ0v) is 15.8. The third-order valence-corrected chi connectivity index (χ3v) is 5.38. The summed E-state index contributed by atoms with van der Waals surface area (Å²) in [5.41, 5.74) is -0.0892. The molecule has 0 aromatic carbocycles. The van der Waals surface area contributed by atoms with Crippen LogP contribution < -0.4 is 0 Å². The molecule has 0 heterocycles. The molecule has 19 heavy (non-hydrogen) atoms. The molecule has 1 unspecified atom stereocenters. The van der Waals surface area contributed by atoms with Gasteiger partial charge in [-0.3, -0.25) is 0 Å². The minimum atomic E-state index is -2.66. The van der Waals surface area contributed by atoms with E-state index in [2.05, 4.69) is 13.8 Å². The van der Waals surface area contributed by atoms with Crippen molar-refractivity contribution in [3.8, 4) is 0 Å². The average molecular weight is 309 g/mol. The Kier molecular flexibility index (Phi) is 6.45. The molecular weight excluding hydrogens is 276 g/mol. The average Bonchev–Trinajstić information content (AvgIpc) is 1.90. The summed E-state index contributed by atoms with van der Waals surface area (Å²) in [6, 6.07) is 0.777. The molecular formula is C13H32O4Si2. The summed E-state index contributed by atoms with van der Waals surface area (Å²) in [7, 11) is -4.80. The molecule has 2 N–H and O–H groups in total. The van der Waals surface area contributed by atoms with Crippen molar-refractivity contribution in [2.75, 3.05) is 6.61 Å². The first-order valence-electron chi connectivity index (χ1n) is 6.97. The van der Waals surface area contributed by atoms with Gasteiger partial charge in [-0.25, -0.2) is 0 Å². The van der Waals surface area contributed by atoms with Gasteiger partial charge in [-0.05, 0) is 51.5 Å². The van der Waals surface area contributed by atoms with Crippen molar-refractivity contribution in [3.05, 3.63) is 0 Å². The smallest absolute Gasteiger partial charge is 0.331 e. The predicted molar refractivity (Wildman–Crippen MR) is 83.7 cm³/mol. The third kappa shape index (κ3) is 9.75. The van der Waals surface area contributed by atoms with Gasteiger partial charge in [0.15, 0.2) is 14.1 Å². The zero-order chi connectivity index (χ0) is 15.5. The largest absolute Gasteiger partial charge is 0.432 e. The Labute approximate surface area is 120 Å². The van der Waals surface area contributed by atoms with Gasteiger partial charge in [0.2, 0.25) is 0 Å². The molecule has 0 radical (unpaired) electrons. The highest BCUT2D eigenvalue weighted by molar-refractivity contribution is 6.69. The first-order valence-corrected chi connectivity index (χ1v) is 13.0. The van der Waals surface area contributed by atoms with Crippen LogP contribution in [0.3, 0.4) is 0 Å². The molecule has 6 heteroatoms. The van der Waals surface area contributed by atoms with Gasteiger partial charge in [-0.1, -0.05) is 13.8 Å². The number of ether oxygens (including phenoxy) is 1. The maximum atomic E-state index is 10.1. The van der Waals surface area contributed by atoms with Gasteiger partial charge in [0.05, 0.1) is 0 Å². The lowest BCUT2D eigenvalue weighted by Crippen LogP contribution is -2.48. The van der Waals surface area contributed by atoms with Crippen LogP contribution in [0.15, 0.2) is 0 Å². The van der Waals surface area contributed by atoms with Crippen molar-refractivity contribution in [2.45, 2.75) is 72.1 Å². The van der Waals surface area contributed by atoms with E-state index < -0.39 is 22.7 Å². The molecule has 0 aromatic rings. The minimum absolute atomic E-state index is 0.0892. The van der Waals surface area contributed by atoms with Gasteiger partial charge in [0.25, 0.3) is 0 Å². The zero-order valence-electron chi connectivity index (χ0n) is 13.8. The van der Waals surface area contributed by atoms with Crippen LogP contribution in [-0.2, 0) is 9.16 Å². The summed E-state index contributed by atoms with van der Waals surface area (Å²) in [6.45, 7) is 15.9. The summed E-state index contributed by atoms with van der Waals surface area (Å²) in [4.78, 5) is 20.1. The lowest BCUT2D eigenvalue weighted by atomic mass is 9.87. The summed E-state index contributed by atoms with van der Waals surface area (Å²) in [6.07, 6.45) is 0.655. The number of hydrogen-bond donors (Lipinski definition) is 2. The lowest BCUT2D eigenvalue weighted by molar-refractivity contribution is -0.196. The monoisotopic (exact) mass is 308 g/mol. The van der Waals surface area contributed by atoms with Crippen molar-refractivity contribution < 1.29 is 18.8 Å². The second kappa shape index (κ2) is 6.36. The van der Waals surface area contributed by atoms with Gasteiger partial charge in [-0.15, -0.1) is 0 Å². The fourth-order valence-electron chi connectivity index (χ4n) is 3.05. The number of rotatable bonds is 8. The maximum absolute atomic E-state index is 10.1. The summed E-state index contributed by atoms with van der Waals surface area (Å²) in [5, 5.41) is 0. The van der Waals surface area contributed by atoms with E-state index in [4.69, 9.17) is 9.16 Å². The quantitative estimate of drug-likeness (QED) is 0.534. The molecule has 116 valence electrons. The normalized spacial score (nSPS) is 17.4. The van der Waals surface area contributed by atoms with Crippen molar-refractivity contribution in [1.82, 2.24) is 0 Å². The number of hydrogen-bond acceptors (Lipinski definition) is 4. The van der Waals surface area contributed by atoms with E-state index in [1.165, 1.54) is 0 Å². The minimum Gasteiger partial charge on any atom is -0.432 e. The Hall–Kier alpha value is 0.274. The van der Waals surface area contributed by atoms with Crippen LogP contribution in [0, 0.1) is 5.41 Å². The third-order valence-electron chi connectivity index (χ3n) is 2.63. The lowest BCUT2D eigenvalue weighted by Gasteiger charge is -2.41. The predicted octanol–water partition coefficient (Wildman–Crippen LogP) is 3.06. The van der Waals surface area contributed by atoms with E-state index in [9.17, 15) is 9.59 Å². The molecule has 0 fully saturated rings. The van der Waals surface area contributed by atoms with Gasteiger partial charge >= 0.3 is 8.56 Å². The molecule has 0 aliphatic heterocycles. The van der Waals surface area contributed by atoms with E-state index in [0.29, 0.717) is 13.0 Å². The molecule has 0 rings (SSSR count). The van der Waals surface area contributed by atoms with Crippen molar-refractivity contribution >= 4 is 16.9 Å².